The molecule has 0 fully saturated rings. The number of rotatable bonds is 8. The molecule has 0 spiro atoms. The molecule has 6 aromatic rings. The number of hydrogen-bond donors (Lipinski definition) is 2. The van der Waals surface area contributed by atoms with E-state index >= 15 is 0 Å². The molecule has 0 radical (unpaired) electrons. The average Bonchev–Trinajstić information content (AvgIpc) is 3.08. The second kappa shape index (κ2) is 13.5. The van der Waals surface area contributed by atoms with Crippen LogP contribution in [0, 0.1) is 0 Å². The lowest BCUT2D eigenvalue weighted by atomic mass is 9.69. The molecular formula is C40H32O4. The number of aliphatic carboxylic acids is 2. The quantitative estimate of drug-likeness (QED) is 0.179. The van der Waals surface area contributed by atoms with Crippen LogP contribution in [-0.4, -0.2) is 22.2 Å². The number of hydrogen-bond acceptors (Lipinski definition) is 2. The zero-order valence-corrected chi connectivity index (χ0v) is 24.0. The van der Waals surface area contributed by atoms with Gasteiger partial charge in [-0.3, -0.25) is 9.59 Å². The van der Waals surface area contributed by atoms with Crippen LogP contribution in [0.2, 0.25) is 0 Å². The Morgan fingerprint density at radius 3 is 0.545 bits per heavy atom. The van der Waals surface area contributed by atoms with Gasteiger partial charge < -0.3 is 10.2 Å². The van der Waals surface area contributed by atoms with Gasteiger partial charge in [0.15, 0.2) is 0 Å². The van der Waals surface area contributed by atoms with Gasteiger partial charge in [0.05, 0.1) is 0 Å². The summed E-state index contributed by atoms with van der Waals surface area (Å²) in [5, 5.41) is 20.4. The lowest BCUT2D eigenvalue weighted by molar-refractivity contribution is -0.141. The van der Waals surface area contributed by atoms with E-state index in [0.717, 1.165) is 33.4 Å². The van der Waals surface area contributed by atoms with Crippen LogP contribution in [0.25, 0.3) is 0 Å². The largest absolute Gasteiger partial charge is 0.480 e. The fourth-order valence-electron chi connectivity index (χ4n) is 5.87. The fourth-order valence-corrected chi connectivity index (χ4v) is 5.87. The molecule has 0 aliphatic heterocycles. The Morgan fingerprint density at radius 2 is 0.432 bits per heavy atom. The summed E-state index contributed by atoms with van der Waals surface area (Å²) >= 11 is 0. The molecule has 0 heterocycles. The molecule has 6 rings (SSSR count). The minimum atomic E-state index is -1.20. The zero-order valence-electron chi connectivity index (χ0n) is 24.0. The summed E-state index contributed by atoms with van der Waals surface area (Å²) in [4.78, 5) is 24.8. The van der Waals surface area contributed by atoms with Gasteiger partial charge in [0.1, 0.15) is 10.8 Å². The van der Waals surface area contributed by atoms with Crippen molar-refractivity contribution in [2.24, 2.45) is 0 Å². The summed E-state index contributed by atoms with van der Waals surface area (Å²) in [6, 6.07) is 56.3. The van der Waals surface area contributed by atoms with Crippen molar-refractivity contribution >= 4 is 11.9 Å². The molecule has 0 aliphatic rings. The smallest absolute Gasteiger partial charge is 0.323 e. The molecule has 2 N–H and O–H groups in total. The molecule has 0 atom stereocenters. The molecule has 0 saturated carbocycles. The first-order valence-electron chi connectivity index (χ1n) is 14.3. The molecular weight excluding hydrogens is 544 g/mol. The fraction of sp³-hybridized carbons (Fsp3) is 0.0500. The van der Waals surface area contributed by atoms with E-state index in [9.17, 15) is 19.8 Å². The van der Waals surface area contributed by atoms with Crippen LogP contribution >= 0.6 is 0 Å². The Morgan fingerprint density at radius 1 is 0.295 bits per heavy atom. The topological polar surface area (TPSA) is 74.6 Å². The van der Waals surface area contributed by atoms with Crippen molar-refractivity contribution in [2.45, 2.75) is 10.8 Å². The molecule has 44 heavy (non-hydrogen) atoms. The van der Waals surface area contributed by atoms with Crippen LogP contribution in [0.1, 0.15) is 33.4 Å². The molecule has 4 heteroatoms. The van der Waals surface area contributed by atoms with Gasteiger partial charge in [0, 0.05) is 0 Å². The number of carbonyl (C=O) groups is 2. The maximum Gasteiger partial charge on any atom is 0.323 e. The second-order valence-electron chi connectivity index (χ2n) is 10.3. The third-order valence-electron chi connectivity index (χ3n) is 7.88. The van der Waals surface area contributed by atoms with Crippen molar-refractivity contribution in [1.82, 2.24) is 0 Å². The van der Waals surface area contributed by atoms with Crippen LogP contribution in [0.4, 0.5) is 0 Å². The first-order chi connectivity index (χ1) is 21.5. The summed E-state index contributed by atoms with van der Waals surface area (Å²) in [6.07, 6.45) is 0. The predicted octanol–water partition coefficient (Wildman–Crippen LogP) is 8.21. The summed E-state index contributed by atoms with van der Waals surface area (Å²) in [5.74, 6) is -1.76. The Labute approximate surface area is 257 Å². The predicted molar refractivity (Wildman–Crippen MR) is 174 cm³/mol. The lowest BCUT2D eigenvalue weighted by Crippen LogP contribution is -2.38. The Bertz CT molecular complexity index is 1440. The Kier molecular flexibility index (Phi) is 9.12. The molecule has 0 bridgehead atoms. The highest BCUT2D eigenvalue weighted by Crippen LogP contribution is 2.40. The highest BCUT2D eigenvalue weighted by molar-refractivity contribution is 5.91. The Balaban J connectivity index is 0.000000175. The third-order valence-corrected chi connectivity index (χ3v) is 7.88. The molecule has 0 unspecified atom stereocenters. The van der Waals surface area contributed by atoms with Crippen LogP contribution in [0.3, 0.4) is 0 Å². The molecule has 0 aliphatic carbocycles. The van der Waals surface area contributed by atoms with Crippen molar-refractivity contribution in [3.63, 3.8) is 0 Å². The molecule has 0 amide bonds. The summed E-state index contributed by atoms with van der Waals surface area (Å²) in [5.41, 5.74) is 2.09. The summed E-state index contributed by atoms with van der Waals surface area (Å²) in [7, 11) is 0. The van der Waals surface area contributed by atoms with Gasteiger partial charge >= 0.3 is 11.9 Å². The van der Waals surface area contributed by atoms with Crippen molar-refractivity contribution in [3.8, 4) is 0 Å². The van der Waals surface area contributed by atoms with Gasteiger partial charge in [-0.2, -0.15) is 0 Å². The number of benzene rings is 6. The van der Waals surface area contributed by atoms with E-state index in [1.807, 2.05) is 182 Å². The van der Waals surface area contributed by atoms with Gasteiger partial charge in [-0.05, 0) is 33.4 Å². The van der Waals surface area contributed by atoms with E-state index in [1.54, 1.807) is 0 Å². The SMILES string of the molecule is O=C(O)C(c1ccccc1)(c1ccccc1)c1ccccc1.O=C(O)C(c1ccccc1)(c1ccccc1)c1ccccc1. The standard InChI is InChI=1S/2C20H16O2/c2*21-19(22)20(16-10-4-1-5-11-16,17-12-6-2-7-13-17)18-14-8-3-9-15-18/h2*1-15H,(H,21,22). The first kappa shape index (κ1) is 29.7. The highest BCUT2D eigenvalue weighted by atomic mass is 16.4. The van der Waals surface area contributed by atoms with E-state index in [1.165, 1.54) is 0 Å². The molecule has 4 nitrogen and oxygen atoms in total. The second-order valence-corrected chi connectivity index (χ2v) is 10.3. The summed E-state index contributed by atoms with van der Waals surface area (Å²) in [6.45, 7) is 0. The normalized spacial score (nSPS) is 11.1. The van der Waals surface area contributed by atoms with E-state index in [4.69, 9.17) is 0 Å². The minimum absolute atomic E-state index is 0.750. The zero-order chi connectivity index (χ0) is 30.8. The third kappa shape index (κ3) is 5.53. The van der Waals surface area contributed by atoms with Crippen molar-refractivity contribution in [3.05, 3.63) is 215 Å². The minimum Gasteiger partial charge on any atom is -0.480 e. The van der Waals surface area contributed by atoms with E-state index in [2.05, 4.69) is 0 Å². The highest BCUT2D eigenvalue weighted by Gasteiger charge is 2.44. The van der Waals surface area contributed by atoms with Crippen LogP contribution in [0.15, 0.2) is 182 Å². The number of carboxylic acid groups (broad SMARTS) is 2. The maximum atomic E-state index is 12.4. The molecule has 216 valence electrons. The maximum absolute atomic E-state index is 12.4. The number of carboxylic acids is 2. The van der Waals surface area contributed by atoms with Crippen LogP contribution in [-0.2, 0) is 20.4 Å². The Hall–Kier alpha value is -5.74. The average molecular weight is 577 g/mol. The van der Waals surface area contributed by atoms with E-state index < -0.39 is 22.8 Å². The van der Waals surface area contributed by atoms with Gasteiger partial charge in [-0.15, -0.1) is 0 Å². The molecule has 6 aromatic carbocycles. The van der Waals surface area contributed by atoms with Gasteiger partial charge in [0.2, 0.25) is 0 Å². The van der Waals surface area contributed by atoms with E-state index in [0.29, 0.717) is 0 Å². The molecule has 0 saturated heterocycles. The van der Waals surface area contributed by atoms with Gasteiger partial charge in [-0.1, -0.05) is 182 Å². The van der Waals surface area contributed by atoms with E-state index in [-0.39, 0.29) is 0 Å². The molecule has 0 aromatic heterocycles. The monoisotopic (exact) mass is 576 g/mol. The van der Waals surface area contributed by atoms with Gasteiger partial charge in [0.25, 0.3) is 0 Å². The van der Waals surface area contributed by atoms with Crippen molar-refractivity contribution in [1.29, 1.82) is 0 Å². The van der Waals surface area contributed by atoms with Crippen molar-refractivity contribution < 1.29 is 19.8 Å². The summed E-state index contributed by atoms with van der Waals surface area (Å²) < 4.78 is 0. The lowest BCUT2D eigenvalue weighted by Gasteiger charge is -2.31. The van der Waals surface area contributed by atoms with Crippen LogP contribution in [0.5, 0.6) is 0 Å². The first-order valence-corrected chi connectivity index (χ1v) is 14.3. The van der Waals surface area contributed by atoms with Crippen LogP contribution < -0.4 is 0 Å². The van der Waals surface area contributed by atoms with Gasteiger partial charge in [-0.25, -0.2) is 0 Å². The van der Waals surface area contributed by atoms with Crippen molar-refractivity contribution in [2.75, 3.05) is 0 Å².